The van der Waals surface area contributed by atoms with Crippen molar-refractivity contribution in [3.8, 4) is 0 Å². The Balaban J connectivity index is 2.07. The molecule has 3 nitrogen and oxygen atoms in total. The number of nitrogens with one attached hydrogen (secondary N) is 1. The summed E-state index contributed by atoms with van der Waals surface area (Å²) in [7, 11) is 3.81. The lowest BCUT2D eigenvalue weighted by Gasteiger charge is -2.34. The molecule has 1 aromatic carbocycles. The maximum Gasteiger partial charge on any atom is 0.0733 e. The first-order valence-corrected chi connectivity index (χ1v) is 6.34. The Hall–Kier alpha value is -1.06. The summed E-state index contributed by atoms with van der Waals surface area (Å²) in [5.41, 5.74) is 2.63. The van der Waals surface area contributed by atoms with E-state index < -0.39 is 0 Å². The maximum absolute atomic E-state index is 5.26. The average Bonchev–Trinajstić information content (AvgIpc) is 2.40. The van der Waals surface area contributed by atoms with E-state index in [2.05, 4.69) is 41.5 Å². The standard InChI is InChI=1S/C14H22N2O/c1-15-13-7-9-16(10-8-13)14-6-4-3-5-12(14)11-17-2/h3-6,13,15H,7-11H2,1-2H3. The van der Waals surface area contributed by atoms with Gasteiger partial charge >= 0.3 is 0 Å². The molecular weight excluding hydrogens is 212 g/mol. The van der Waals surface area contributed by atoms with E-state index in [9.17, 15) is 0 Å². The average molecular weight is 234 g/mol. The van der Waals surface area contributed by atoms with E-state index in [-0.39, 0.29) is 0 Å². The van der Waals surface area contributed by atoms with Crippen molar-refractivity contribution in [2.45, 2.75) is 25.5 Å². The lowest BCUT2D eigenvalue weighted by molar-refractivity contribution is 0.185. The number of ether oxygens (including phenoxy) is 1. The third kappa shape index (κ3) is 2.99. The molecule has 1 aliphatic rings. The van der Waals surface area contributed by atoms with E-state index >= 15 is 0 Å². The van der Waals surface area contributed by atoms with Gasteiger partial charge in [0, 0.05) is 37.5 Å². The zero-order chi connectivity index (χ0) is 12.1. The van der Waals surface area contributed by atoms with Gasteiger partial charge in [0.25, 0.3) is 0 Å². The number of hydrogen-bond acceptors (Lipinski definition) is 3. The quantitative estimate of drug-likeness (QED) is 0.862. The molecule has 0 aromatic heterocycles. The third-order valence-electron chi connectivity index (χ3n) is 3.54. The van der Waals surface area contributed by atoms with E-state index in [4.69, 9.17) is 4.74 Å². The van der Waals surface area contributed by atoms with E-state index in [0.29, 0.717) is 12.6 Å². The largest absolute Gasteiger partial charge is 0.380 e. The molecule has 1 heterocycles. The van der Waals surface area contributed by atoms with Crippen LogP contribution in [0.3, 0.4) is 0 Å². The van der Waals surface area contributed by atoms with Gasteiger partial charge in [-0.2, -0.15) is 0 Å². The molecule has 0 radical (unpaired) electrons. The van der Waals surface area contributed by atoms with Crippen LogP contribution >= 0.6 is 0 Å². The van der Waals surface area contributed by atoms with Crippen molar-refractivity contribution in [1.82, 2.24) is 5.32 Å². The van der Waals surface area contributed by atoms with Crippen molar-refractivity contribution >= 4 is 5.69 Å². The topological polar surface area (TPSA) is 24.5 Å². The van der Waals surface area contributed by atoms with Gasteiger partial charge in [-0.25, -0.2) is 0 Å². The molecule has 1 fully saturated rings. The summed E-state index contributed by atoms with van der Waals surface area (Å²) >= 11 is 0. The number of nitrogens with zero attached hydrogens (tertiary/aromatic N) is 1. The van der Waals surface area contributed by atoms with Gasteiger partial charge in [0.1, 0.15) is 0 Å². The number of methoxy groups -OCH3 is 1. The molecule has 1 N–H and O–H groups in total. The molecule has 1 aliphatic heterocycles. The Morgan fingerprint density at radius 1 is 1.29 bits per heavy atom. The molecule has 17 heavy (non-hydrogen) atoms. The van der Waals surface area contributed by atoms with Crippen molar-refractivity contribution in [2.75, 3.05) is 32.1 Å². The Kier molecular flexibility index (Phi) is 4.40. The highest BCUT2D eigenvalue weighted by atomic mass is 16.5. The summed E-state index contributed by atoms with van der Waals surface area (Å²) in [6, 6.07) is 9.23. The minimum Gasteiger partial charge on any atom is -0.380 e. The van der Waals surface area contributed by atoms with Crippen LogP contribution in [0.2, 0.25) is 0 Å². The van der Waals surface area contributed by atoms with Crippen LogP contribution in [0.15, 0.2) is 24.3 Å². The second-order valence-electron chi connectivity index (χ2n) is 4.61. The fourth-order valence-corrected chi connectivity index (χ4v) is 2.51. The minimum atomic E-state index is 0.681. The molecule has 1 aromatic rings. The summed E-state index contributed by atoms with van der Waals surface area (Å²) in [4.78, 5) is 2.47. The zero-order valence-corrected chi connectivity index (χ0v) is 10.8. The SMILES string of the molecule is CNC1CCN(c2ccccc2COC)CC1. The van der Waals surface area contributed by atoms with Crippen LogP contribution in [0.1, 0.15) is 18.4 Å². The highest BCUT2D eigenvalue weighted by Crippen LogP contribution is 2.24. The molecule has 0 unspecified atom stereocenters. The van der Waals surface area contributed by atoms with E-state index in [1.54, 1.807) is 7.11 Å². The summed E-state index contributed by atoms with van der Waals surface area (Å²) in [5.74, 6) is 0. The second kappa shape index (κ2) is 6.03. The van der Waals surface area contributed by atoms with E-state index in [1.165, 1.54) is 24.1 Å². The van der Waals surface area contributed by atoms with Crippen molar-refractivity contribution in [2.24, 2.45) is 0 Å². The molecule has 0 atom stereocenters. The smallest absolute Gasteiger partial charge is 0.0733 e. The van der Waals surface area contributed by atoms with Crippen molar-refractivity contribution in [3.05, 3.63) is 29.8 Å². The first-order chi connectivity index (χ1) is 8.35. The van der Waals surface area contributed by atoms with Gasteiger partial charge in [-0.15, -0.1) is 0 Å². The van der Waals surface area contributed by atoms with Gasteiger partial charge < -0.3 is 15.0 Å². The molecule has 0 amide bonds. The highest BCUT2D eigenvalue weighted by Gasteiger charge is 2.19. The van der Waals surface area contributed by atoms with Crippen LogP contribution in [0.4, 0.5) is 5.69 Å². The van der Waals surface area contributed by atoms with Crippen LogP contribution in [-0.2, 0) is 11.3 Å². The molecule has 0 saturated carbocycles. The molecule has 2 rings (SSSR count). The number of para-hydroxylation sites is 1. The monoisotopic (exact) mass is 234 g/mol. The Bertz CT molecular complexity index is 346. The van der Waals surface area contributed by atoms with Crippen LogP contribution in [-0.4, -0.2) is 33.3 Å². The van der Waals surface area contributed by atoms with E-state index in [0.717, 1.165) is 13.1 Å². The number of anilines is 1. The highest BCUT2D eigenvalue weighted by molar-refractivity contribution is 5.53. The molecule has 1 saturated heterocycles. The molecule has 94 valence electrons. The van der Waals surface area contributed by atoms with Crippen LogP contribution in [0.25, 0.3) is 0 Å². The van der Waals surface area contributed by atoms with Crippen LogP contribution in [0.5, 0.6) is 0 Å². The number of rotatable bonds is 4. The Morgan fingerprint density at radius 3 is 2.65 bits per heavy atom. The van der Waals surface area contributed by atoms with Crippen LogP contribution < -0.4 is 10.2 Å². The number of piperidine rings is 1. The normalized spacial score (nSPS) is 17.4. The molecule has 0 spiro atoms. The number of benzene rings is 1. The second-order valence-corrected chi connectivity index (χ2v) is 4.61. The summed E-state index contributed by atoms with van der Waals surface area (Å²) < 4.78 is 5.26. The molecule has 0 aliphatic carbocycles. The minimum absolute atomic E-state index is 0.681. The zero-order valence-electron chi connectivity index (χ0n) is 10.8. The molecule has 0 bridgehead atoms. The van der Waals surface area contributed by atoms with Crippen molar-refractivity contribution in [1.29, 1.82) is 0 Å². The van der Waals surface area contributed by atoms with Gasteiger partial charge in [0.05, 0.1) is 6.61 Å². The lowest BCUT2D eigenvalue weighted by atomic mass is 10.0. The number of hydrogen-bond donors (Lipinski definition) is 1. The predicted octanol–water partition coefficient (Wildman–Crippen LogP) is 2.02. The van der Waals surface area contributed by atoms with Gasteiger partial charge in [-0.1, -0.05) is 18.2 Å². The van der Waals surface area contributed by atoms with Gasteiger partial charge in [0.15, 0.2) is 0 Å². The molecular formula is C14H22N2O. The lowest BCUT2D eigenvalue weighted by Crippen LogP contribution is -2.41. The maximum atomic E-state index is 5.26. The van der Waals surface area contributed by atoms with Gasteiger partial charge in [0.2, 0.25) is 0 Å². The first-order valence-electron chi connectivity index (χ1n) is 6.34. The fraction of sp³-hybridized carbons (Fsp3) is 0.571. The van der Waals surface area contributed by atoms with Crippen molar-refractivity contribution in [3.63, 3.8) is 0 Å². The van der Waals surface area contributed by atoms with Gasteiger partial charge in [-0.05, 0) is 26.0 Å². The summed E-state index contributed by atoms with van der Waals surface area (Å²) in [5, 5.41) is 3.36. The first kappa shape index (κ1) is 12.4. The molecule has 3 heteroatoms. The predicted molar refractivity (Wildman–Crippen MR) is 71.4 cm³/mol. The Morgan fingerprint density at radius 2 is 2.00 bits per heavy atom. The fourth-order valence-electron chi connectivity index (χ4n) is 2.51. The summed E-state index contributed by atoms with van der Waals surface area (Å²) in [6.07, 6.45) is 2.44. The van der Waals surface area contributed by atoms with E-state index in [1.807, 2.05) is 0 Å². The van der Waals surface area contributed by atoms with Crippen LogP contribution in [0, 0.1) is 0 Å². The van der Waals surface area contributed by atoms with Crippen molar-refractivity contribution < 1.29 is 4.74 Å². The van der Waals surface area contributed by atoms with Gasteiger partial charge in [-0.3, -0.25) is 0 Å². The Labute approximate surface area is 104 Å². The summed E-state index contributed by atoms with van der Waals surface area (Å²) in [6.45, 7) is 2.96. The third-order valence-corrected chi connectivity index (χ3v) is 3.54.